The fourth-order valence-corrected chi connectivity index (χ4v) is 5.39. The molecule has 10 heteroatoms. The Balaban J connectivity index is 1.26. The van der Waals surface area contributed by atoms with Crippen molar-refractivity contribution in [3.63, 3.8) is 0 Å². The number of aromatic nitrogens is 7. The minimum atomic E-state index is -0.409. The van der Waals surface area contributed by atoms with E-state index in [0.717, 1.165) is 41.9 Å². The first-order valence-corrected chi connectivity index (χ1v) is 13.4. The van der Waals surface area contributed by atoms with Crippen molar-refractivity contribution in [3.05, 3.63) is 72.4 Å². The van der Waals surface area contributed by atoms with Gasteiger partial charge in [-0.25, -0.2) is 14.4 Å². The highest BCUT2D eigenvalue weighted by atomic mass is 19.1. The van der Waals surface area contributed by atoms with Crippen molar-refractivity contribution in [1.29, 1.82) is 0 Å². The van der Waals surface area contributed by atoms with E-state index in [1.54, 1.807) is 12.3 Å². The number of halogens is 1. The van der Waals surface area contributed by atoms with Crippen LogP contribution in [-0.2, 0) is 6.54 Å². The highest BCUT2D eigenvalue weighted by molar-refractivity contribution is 5.95. The van der Waals surface area contributed by atoms with E-state index in [0.29, 0.717) is 39.6 Å². The maximum absolute atomic E-state index is 14.3. The lowest BCUT2D eigenvalue weighted by Gasteiger charge is -2.26. The van der Waals surface area contributed by atoms with Gasteiger partial charge < -0.3 is 9.72 Å². The van der Waals surface area contributed by atoms with E-state index < -0.39 is 5.82 Å². The minimum Gasteiger partial charge on any atom is -0.497 e. The Labute approximate surface area is 229 Å². The Morgan fingerprint density at radius 2 is 1.77 bits per heavy atom. The predicted octanol–water partition coefficient (Wildman–Crippen LogP) is 5.76. The average molecular weight is 535 g/mol. The molecule has 9 nitrogen and oxygen atoms in total. The Morgan fingerprint density at radius 1 is 0.900 bits per heavy atom. The Hall–Kier alpha value is -4.70. The molecule has 1 fully saturated rings. The third-order valence-electron chi connectivity index (χ3n) is 7.36. The van der Waals surface area contributed by atoms with Gasteiger partial charge in [0.1, 0.15) is 22.6 Å². The SMILES string of the molecule is COc1cc(F)cc(-c2nccc3[nH]c(-c4n[nH]c5ccc(-c6cncc(CN7CCCCC7)c6)nc45)nc23)c1. The van der Waals surface area contributed by atoms with Crippen molar-refractivity contribution < 1.29 is 9.13 Å². The number of aromatic amines is 2. The van der Waals surface area contributed by atoms with Gasteiger partial charge in [0.15, 0.2) is 11.5 Å². The van der Waals surface area contributed by atoms with Gasteiger partial charge in [0.05, 0.1) is 29.5 Å². The van der Waals surface area contributed by atoms with Crippen LogP contribution < -0.4 is 4.74 Å². The van der Waals surface area contributed by atoms with Crippen LogP contribution in [0.1, 0.15) is 24.8 Å². The van der Waals surface area contributed by atoms with E-state index >= 15 is 0 Å². The summed E-state index contributed by atoms with van der Waals surface area (Å²) in [6, 6.07) is 12.4. The van der Waals surface area contributed by atoms with Crippen LogP contribution in [0.4, 0.5) is 4.39 Å². The van der Waals surface area contributed by atoms with E-state index in [9.17, 15) is 4.39 Å². The molecule has 0 unspecified atom stereocenters. The van der Waals surface area contributed by atoms with Crippen molar-refractivity contribution in [1.82, 2.24) is 40.0 Å². The second-order valence-corrected chi connectivity index (χ2v) is 10.1. The lowest BCUT2D eigenvalue weighted by Crippen LogP contribution is -2.29. The predicted molar refractivity (Wildman–Crippen MR) is 151 cm³/mol. The van der Waals surface area contributed by atoms with Crippen LogP contribution >= 0.6 is 0 Å². The summed E-state index contributed by atoms with van der Waals surface area (Å²) < 4.78 is 19.5. The van der Waals surface area contributed by atoms with Gasteiger partial charge in [-0.1, -0.05) is 6.42 Å². The van der Waals surface area contributed by atoms with Crippen LogP contribution in [0.15, 0.2) is 61.1 Å². The summed E-state index contributed by atoms with van der Waals surface area (Å²) in [7, 11) is 1.50. The number of hydrogen-bond donors (Lipinski definition) is 2. The molecular formula is C30H27FN8O. The summed E-state index contributed by atoms with van der Waals surface area (Å²) in [6.45, 7) is 3.16. The number of benzene rings is 1. The summed E-state index contributed by atoms with van der Waals surface area (Å²) in [5.41, 5.74) is 7.51. The molecule has 1 aromatic carbocycles. The zero-order chi connectivity index (χ0) is 27.1. The number of nitrogens with one attached hydrogen (secondary N) is 2. The number of likely N-dealkylation sites (tertiary alicyclic amines) is 1. The summed E-state index contributed by atoms with van der Waals surface area (Å²) in [5.74, 6) is 0.544. The van der Waals surface area contributed by atoms with Gasteiger partial charge in [-0.15, -0.1) is 0 Å². The fourth-order valence-electron chi connectivity index (χ4n) is 5.39. The molecule has 40 heavy (non-hydrogen) atoms. The number of pyridine rings is 3. The first-order chi connectivity index (χ1) is 19.6. The number of fused-ring (bicyclic) bond motifs is 2. The van der Waals surface area contributed by atoms with Crippen LogP contribution in [0, 0.1) is 5.82 Å². The van der Waals surface area contributed by atoms with Gasteiger partial charge >= 0.3 is 0 Å². The molecular weight excluding hydrogens is 507 g/mol. The normalized spacial score (nSPS) is 14.2. The van der Waals surface area contributed by atoms with Crippen molar-refractivity contribution >= 4 is 22.1 Å². The van der Waals surface area contributed by atoms with Crippen molar-refractivity contribution in [2.75, 3.05) is 20.2 Å². The van der Waals surface area contributed by atoms with E-state index in [-0.39, 0.29) is 0 Å². The monoisotopic (exact) mass is 534 g/mol. The number of imidazole rings is 1. The second kappa shape index (κ2) is 10.1. The smallest absolute Gasteiger partial charge is 0.161 e. The van der Waals surface area contributed by atoms with Gasteiger partial charge in [0, 0.05) is 42.3 Å². The lowest BCUT2D eigenvalue weighted by molar-refractivity contribution is 0.220. The van der Waals surface area contributed by atoms with Crippen LogP contribution in [0.3, 0.4) is 0 Å². The molecule has 1 saturated heterocycles. The topological polar surface area (TPSA) is 108 Å². The Kier molecular flexibility index (Phi) is 6.16. The zero-order valence-electron chi connectivity index (χ0n) is 22.0. The van der Waals surface area contributed by atoms with Crippen LogP contribution in [0.5, 0.6) is 5.75 Å². The molecule has 1 aliphatic rings. The quantitative estimate of drug-likeness (QED) is 0.280. The number of rotatable bonds is 6. The number of hydrogen-bond acceptors (Lipinski definition) is 7. The highest BCUT2D eigenvalue weighted by Crippen LogP contribution is 2.32. The third-order valence-corrected chi connectivity index (χ3v) is 7.36. The second-order valence-electron chi connectivity index (χ2n) is 10.1. The molecule has 0 radical (unpaired) electrons. The lowest BCUT2D eigenvalue weighted by atomic mass is 10.1. The standard InChI is InChI=1S/C30H27FN8O/c1-40-22-13-19(12-21(31)14-22)26-27-24(7-8-33-26)35-30(36-27)29-28-25(37-38-29)6-5-23(34-28)20-11-18(15-32-16-20)17-39-9-3-2-4-10-39/h5-8,11-16H,2-4,9-10,17H2,1H3,(H,35,36)(H,37,38). The molecule has 0 aliphatic carbocycles. The zero-order valence-corrected chi connectivity index (χ0v) is 22.0. The van der Waals surface area contributed by atoms with E-state index in [4.69, 9.17) is 14.7 Å². The Morgan fingerprint density at radius 3 is 2.65 bits per heavy atom. The minimum absolute atomic E-state index is 0.409. The number of nitrogens with zero attached hydrogens (tertiary/aromatic N) is 6. The number of piperidine rings is 1. The molecule has 5 aromatic heterocycles. The van der Waals surface area contributed by atoms with Crippen LogP contribution in [-0.4, -0.2) is 60.2 Å². The third kappa shape index (κ3) is 4.56. The van der Waals surface area contributed by atoms with E-state index in [1.807, 2.05) is 30.6 Å². The molecule has 1 aliphatic heterocycles. The molecule has 200 valence electrons. The molecule has 6 heterocycles. The van der Waals surface area contributed by atoms with Crippen molar-refractivity contribution in [2.45, 2.75) is 25.8 Å². The number of ether oxygens (including phenoxy) is 1. The van der Waals surface area contributed by atoms with Gasteiger partial charge in [0.2, 0.25) is 0 Å². The summed E-state index contributed by atoms with van der Waals surface area (Å²) in [4.78, 5) is 24.6. The molecule has 7 rings (SSSR count). The summed E-state index contributed by atoms with van der Waals surface area (Å²) >= 11 is 0. The first-order valence-electron chi connectivity index (χ1n) is 13.4. The van der Waals surface area contributed by atoms with E-state index in [1.165, 1.54) is 44.1 Å². The maximum Gasteiger partial charge on any atom is 0.161 e. The van der Waals surface area contributed by atoms with Gasteiger partial charge in [-0.05, 0) is 67.9 Å². The summed E-state index contributed by atoms with van der Waals surface area (Å²) in [6.07, 6.45) is 9.27. The van der Waals surface area contributed by atoms with Gasteiger partial charge in [-0.2, -0.15) is 5.10 Å². The number of H-pyrrole nitrogens is 2. The maximum atomic E-state index is 14.3. The molecule has 0 atom stereocenters. The molecule has 0 saturated carbocycles. The van der Waals surface area contributed by atoms with Gasteiger partial charge in [0.25, 0.3) is 0 Å². The molecule has 2 N–H and O–H groups in total. The largest absolute Gasteiger partial charge is 0.497 e. The fraction of sp³-hybridized carbons (Fsp3) is 0.233. The average Bonchev–Trinajstić information content (AvgIpc) is 3.61. The molecule has 0 bridgehead atoms. The van der Waals surface area contributed by atoms with Crippen molar-refractivity contribution in [3.8, 4) is 39.8 Å². The van der Waals surface area contributed by atoms with E-state index in [2.05, 4.69) is 36.1 Å². The first kappa shape index (κ1) is 24.3. The number of methoxy groups -OCH3 is 1. The molecule has 0 amide bonds. The van der Waals surface area contributed by atoms with Crippen molar-refractivity contribution in [2.24, 2.45) is 0 Å². The van der Waals surface area contributed by atoms with Crippen LogP contribution in [0.25, 0.3) is 56.1 Å². The van der Waals surface area contributed by atoms with Gasteiger partial charge in [-0.3, -0.25) is 20.0 Å². The molecule has 0 spiro atoms. The van der Waals surface area contributed by atoms with Crippen LogP contribution in [0.2, 0.25) is 0 Å². The highest BCUT2D eigenvalue weighted by Gasteiger charge is 2.18. The molecule has 6 aromatic rings. The Bertz CT molecular complexity index is 1840. The summed E-state index contributed by atoms with van der Waals surface area (Å²) in [5, 5.41) is 7.60.